The van der Waals surface area contributed by atoms with Gasteiger partial charge in [0.15, 0.2) is 0 Å². The van der Waals surface area contributed by atoms with Crippen molar-refractivity contribution >= 4 is 21.6 Å². The lowest BCUT2D eigenvalue weighted by atomic mass is 10.2. The van der Waals surface area contributed by atoms with Crippen molar-refractivity contribution in [3.63, 3.8) is 0 Å². The first kappa shape index (κ1) is 13.5. The molecule has 1 rings (SSSR count). The van der Waals surface area contributed by atoms with Crippen LogP contribution in [0.4, 0.5) is 0 Å². The van der Waals surface area contributed by atoms with Crippen molar-refractivity contribution in [2.75, 3.05) is 0 Å². The lowest BCUT2D eigenvalue weighted by Gasteiger charge is -2.12. The Morgan fingerprint density at radius 2 is 2.12 bits per heavy atom. The molecule has 0 heterocycles. The Morgan fingerprint density at radius 3 is 2.69 bits per heavy atom. The zero-order valence-corrected chi connectivity index (χ0v) is 11.0. The Morgan fingerprint density at radius 1 is 1.44 bits per heavy atom. The SMILES string of the molecule is CC[C@H](C)NS(=O)(=O)Cc1cccc(Cl)c1. The summed E-state index contributed by atoms with van der Waals surface area (Å²) in [6, 6.07) is 6.85. The van der Waals surface area contributed by atoms with Crippen LogP contribution in [0.25, 0.3) is 0 Å². The van der Waals surface area contributed by atoms with Gasteiger partial charge in [-0.05, 0) is 31.0 Å². The molecule has 0 aliphatic heterocycles. The Balaban J connectivity index is 2.73. The van der Waals surface area contributed by atoms with Crippen LogP contribution in [0.1, 0.15) is 25.8 Å². The van der Waals surface area contributed by atoms with E-state index in [2.05, 4.69) is 4.72 Å². The van der Waals surface area contributed by atoms with Crippen LogP contribution in [0.2, 0.25) is 5.02 Å². The van der Waals surface area contributed by atoms with Gasteiger partial charge in [0.25, 0.3) is 0 Å². The van der Waals surface area contributed by atoms with Crippen LogP contribution >= 0.6 is 11.6 Å². The fourth-order valence-electron chi connectivity index (χ4n) is 1.28. The molecule has 0 amide bonds. The van der Waals surface area contributed by atoms with Gasteiger partial charge < -0.3 is 0 Å². The molecule has 1 atom stereocenters. The molecule has 0 radical (unpaired) electrons. The molecule has 16 heavy (non-hydrogen) atoms. The fourth-order valence-corrected chi connectivity index (χ4v) is 2.97. The highest BCUT2D eigenvalue weighted by Crippen LogP contribution is 2.13. The van der Waals surface area contributed by atoms with Crippen molar-refractivity contribution in [1.29, 1.82) is 0 Å². The van der Waals surface area contributed by atoms with E-state index in [0.29, 0.717) is 10.6 Å². The van der Waals surface area contributed by atoms with E-state index in [4.69, 9.17) is 11.6 Å². The van der Waals surface area contributed by atoms with E-state index in [9.17, 15) is 8.42 Å². The lowest BCUT2D eigenvalue weighted by molar-refractivity contribution is 0.555. The van der Waals surface area contributed by atoms with Crippen molar-refractivity contribution < 1.29 is 8.42 Å². The molecule has 0 aliphatic carbocycles. The molecule has 1 N–H and O–H groups in total. The lowest BCUT2D eigenvalue weighted by Crippen LogP contribution is -2.32. The van der Waals surface area contributed by atoms with Gasteiger partial charge in [0, 0.05) is 11.1 Å². The van der Waals surface area contributed by atoms with Crippen molar-refractivity contribution in [2.45, 2.75) is 32.1 Å². The van der Waals surface area contributed by atoms with E-state index >= 15 is 0 Å². The van der Waals surface area contributed by atoms with Gasteiger partial charge >= 0.3 is 0 Å². The third kappa shape index (κ3) is 4.51. The summed E-state index contributed by atoms with van der Waals surface area (Å²) in [6.45, 7) is 3.78. The summed E-state index contributed by atoms with van der Waals surface area (Å²) in [5.74, 6) is -0.0299. The van der Waals surface area contributed by atoms with Crippen LogP contribution in [0, 0.1) is 0 Å². The van der Waals surface area contributed by atoms with E-state index in [1.807, 2.05) is 13.8 Å². The third-order valence-electron chi connectivity index (χ3n) is 2.24. The highest BCUT2D eigenvalue weighted by Gasteiger charge is 2.14. The van der Waals surface area contributed by atoms with Crippen LogP contribution in [-0.4, -0.2) is 14.5 Å². The molecular formula is C11H16ClNO2S. The van der Waals surface area contributed by atoms with E-state index < -0.39 is 10.0 Å². The van der Waals surface area contributed by atoms with Gasteiger partial charge in [-0.25, -0.2) is 13.1 Å². The van der Waals surface area contributed by atoms with E-state index in [-0.39, 0.29) is 11.8 Å². The first-order chi connectivity index (χ1) is 7.43. The number of nitrogens with one attached hydrogen (secondary N) is 1. The zero-order valence-electron chi connectivity index (χ0n) is 9.40. The Labute approximate surface area is 102 Å². The molecule has 3 nitrogen and oxygen atoms in total. The predicted octanol–water partition coefficient (Wildman–Crippen LogP) is 2.56. The number of halogens is 1. The average Bonchev–Trinajstić information content (AvgIpc) is 2.15. The second-order valence-corrected chi connectivity index (χ2v) is 6.01. The standard InChI is InChI=1S/C11H16ClNO2S/c1-3-9(2)13-16(14,15)8-10-5-4-6-11(12)7-10/h4-7,9,13H,3,8H2,1-2H3/t9-/m0/s1. The van der Waals surface area contributed by atoms with Crippen molar-refractivity contribution in [2.24, 2.45) is 0 Å². The van der Waals surface area contributed by atoms with Crippen molar-refractivity contribution in [3.8, 4) is 0 Å². The highest BCUT2D eigenvalue weighted by atomic mass is 35.5. The second kappa shape index (κ2) is 5.66. The molecule has 90 valence electrons. The summed E-state index contributed by atoms with van der Waals surface area (Å²) >= 11 is 5.79. The van der Waals surface area contributed by atoms with Crippen LogP contribution < -0.4 is 4.72 Å². The molecule has 0 saturated heterocycles. The van der Waals surface area contributed by atoms with Crippen LogP contribution in [0.15, 0.2) is 24.3 Å². The summed E-state index contributed by atoms with van der Waals surface area (Å²) in [7, 11) is -3.27. The summed E-state index contributed by atoms with van der Waals surface area (Å²) in [5, 5.41) is 0.552. The second-order valence-electron chi connectivity index (χ2n) is 3.82. The topological polar surface area (TPSA) is 46.2 Å². The molecule has 0 spiro atoms. The Bertz CT molecular complexity index is 445. The van der Waals surface area contributed by atoms with Gasteiger partial charge in [-0.1, -0.05) is 30.7 Å². The molecule has 0 unspecified atom stereocenters. The van der Waals surface area contributed by atoms with Gasteiger partial charge in [0.05, 0.1) is 5.75 Å². The van der Waals surface area contributed by atoms with E-state index in [1.165, 1.54) is 0 Å². The zero-order chi connectivity index (χ0) is 12.2. The van der Waals surface area contributed by atoms with Gasteiger partial charge in [-0.3, -0.25) is 0 Å². The van der Waals surface area contributed by atoms with Gasteiger partial charge in [-0.2, -0.15) is 0 Å². The summed E-state index contributed by atoms with van der Waals surface area (Å²) < 4.78 is 26.1. The van der Waals surface area contributed by atoms with E-state index in [0.717, 1.165) is 6.42 Å². The van der Waals surface area contributed by atoms with Gasteiger partial charge in [0.2, 0.25) is 10.0 Å². The smallest absolute Gasteiger partial charge is 0.212 e. The van der Waals surface area contributed by atoms with E-state index in [1.54, 1.807) is 24.3 Å². The maximum absolute atomic E-state index is 11.7. The highest BCUT2D eigenvalue weighted by molar-refractivity contribution is 7.88. The fraction of sp³-hybridized carbons (Fsp3) is 0.455. The minimum absolute atomic E-state index is 0.0299. The van der Waals surface area contributed by atoms with Gasteiger partial charge in [-0.15, -0.1) is 0 Å². The summed E-state index contributed by atoms with van der Waals surface area (Å²) in [4.78, 5) is 0. The molecule has 0 aliphatic rings. The molecule has 0 saturated carbocycles. The quantitative estimate of drug-likeness (QED) is 0.886. The molecule has 1 aromatic carbocycles. The third-order valence-corrected chi connectivity index (χ3v) is 3.95. The monoisotopic (exact) mass is 261 g/mol. The van der Waals surface area contributed by atoms with Crippen LogP contribution in [-0.2, 0) is 15.8 Å². The van der Waals surface area contributed by atoms with Gasteiger partial charge in [0.1, 0.15) is 0 Å². The number of benzene rings is 1. The van der Waals surface area contributed by atoms with Crippen LogP contribution in [0.3, 0.4) is 0 Å². The molecule has 0 aromatic heterocycles. The Hall–Kier alpha value is -0.580. The average molecular weight is 262 g/mol. The van der Waals surface area contributed by atoms with Crippen molar-refractivity contribution in [1.82, 2.24) is 4.72 Å². The minimum atomic E-state index is -3.27. The normalized spacial score (nSPS) is 13.7. The van der Waals surface area contributed by atoms with Crippen LogP contribution in [0.5, 0.6) is 0 Å². The first-order valence-corrected chi connectivity index (χ1v) is 7.20. The largest absolute Gasteiger partial charge is 0.216 e. The molecular weight excluding hydrogens is 246 g/mol. The minimum Gasteiger partial charge on any atom is -0.212 e. The maximum atomic E-state index is 11.7. The summed E-state index contributed by atoms with van der Waals surface area (Å²) in [6.07, 6.45) is 0.773. The first-order valence-electron chi connectivity index (χ1n) is 5.17. The molecule has 0 fully saturated rings. The predicted molar refractivity (Wildman–Crippen MR) is 67.0 cm³/mol. The number of rotatable bonds is 5. The molecule has 0 bridgehead atoms. The number of hydrogen-bond acceptors (Lipinski definition) is 2. The number of sulfonamides is 1. The number of hydrogen-bond donors (Lipinski definition) is 1. The summed E-state index contributed by atoms with van der Waals surface area (Å²) in [5.41, 5.74) is 0.698. The molecule has 5 heteroatoms. The molecule has 1 aromatic rings. The maximum Gasteiger partial charge on any atom is 0.216 e. The van der Waals surface area contributed by atoms with Crippen molar-refractivity contribution in [3.05, 3.63) is 34.9 Å². The Kier molecular flexibility index (Phi) is 4.77.